The van der Waals surface area contributed by atoms with Crippen molar-refractivity contribution in [1.82, 2.24) is 9.71 Å². The highest BCUT2D eigenvalue weighted by molar-refractivity contribution is 7.84. The van der Waals surface area contributed by atoms with Gasteiger partial charge in [0.15, 0.2) is 0 Å². The molecule has 0 saturated heterocycles. The van der Waals surface area contributed by atoms with E-state index in [9.17, 15) is 8.60 Å². The van der Waals surface area contributed by atoms with Gasteiger partial charge in [0.1, 0.15) is 5.82 Å². The lowest BCUT2D eigenvalue weighted by Gasteiger charge is -2.23. The van der Waals surface area contributed by atoms with E-state index in [1.807, 2.05) is 20.8 Å². The summed E-state index contributed by atoms with van der Waals surface area (Å²) < 4.78 is 27.9. The average Bonchev–Trinajstić information content (AvgIpc) is 3.09. The minimum absolute atomic E-state index is 0.0364. The largest absolute Gasteiger partial charge is 0.257 e. The number of halogens is 1. The highest BCUT2D eigenvalue weighted by atomic mass is 32.2. The number of hydrogen-bond acceptors (Lipinski definition) is 2. The van der Waals surface area contributed by atoms with Gasteiger partial charge in [-0.2, -0.15) is 0 Å². The Morgan fingerprint density at radius 3 is 2.56 bits per heavy atom. The molecule has 2 rings (SSSR count). The van der Waals surface area contributed by atoms with Gasteiger partial charge in [-0.1, -0.05) is 0 Å². The lowest BCUT2D eigenvalue weighted by atomic mass is 10.1. The third-order valence-electron chi connectivity index (χ3n) is 2.95. The van der Waals surface area contributed by atoms with Gasteiger partial charge in [-0.05, 0) is 51.7 Å². The van der Waals surface area contributed by atoms with Crippen molar-refractivity contribution in [2.75, 3.05) is 0 Å². The summed E-state index contributed by atoms with van der Waals surface area (Å²) in [6, 6.07) is 3.04. The van der Waals surface area contributed by atoms with Crippen LogP contribution in [0.2, 0.25) is 0 Å². The summed E-state index contributed by atoms with van der Waals surface area (Å²) in [5.74, 6) is 0.125. The van der Waals surface area contributed by atoms with Crippen LogP contribution in [0.1, 0.15) is 45.3 Å². The first-order chi connectivity index (χ1) is 8.38. The summed E-state index contributed by atoms with van der Waals surface area (Å²) in [7, 11) is -1.14. The zero-order valence-electron chi connectivity index (χ0n) is 10.9. The lowest BCUT2D eigenvalue weighted by Crippen LogP contribution is -2.36. The van der Waals surface area contributed by atoms with Gasteiger partial charge in [-0.15, -0.1) is 0 Å². The van der Waals surface area contributed by atoms with Crippen LogP contribution in [0.15, 0.2) is 18.3 Å². The van der Waals surface area contributed by atoms with Crippen molar-refractivity contribution in [3.63, 3.8) is 0 Å². The maximum atomic E-state index is 12.9. The third kappa shape index (κ3) is 3.36. The Hall–Kier alpha value is -0.810. The van der Waals surface area contributed by atoms with Crippen LogP contribution in [0.3, 0.4) is 0 Å². The normalized spacial score (nSPS) is 19.6. The van der Waals surface area contributed by atoms with E-state index in [4.69, 9.17) is 0 Å². The molecule has 1 aromatic heterocycles. The van der Waals surface area contributed by atoms with Gasteiger partial charge in [-0.3, -0.25) is 4.98 Å². The van der Waals surface area contributed by atoms with Crippen molar-refractivity contribution in [3.8, 4) is 0 Å². The first-order valence-electron chi connectivity index (χ1n) is 6.17. The molecule has 3 nitrogen and oxygen atoms in total. The lowest BCUT2D eigenvalue weighted by molar-refractivity contribution is 0.540. The number of nitrogens with zero attached hydrogens (tertiary/aromatic N) is 1. The van der Waals surface area contributed by atoms with Crippen molar-refractivity contribution in [3.05, 3.63) is 29.8 Å². The molecule has 0 aromatic carbocycles. The third-order valence-corrected chi connectivity index (χ3v) is 4.53. The van der Waals surface area contributed by atoms with Crippen LogP contribution >= 0.6 is 0 Å². The fraction of sp³-hybridized carbons (Fsp3) is 0.615. The van der Waals surface area contributed by atoms with Crippen molar-refractivity contribution >= 4 is 11.0 Å². The van der Waals surface area contributed by atoms with Crippen molar-refractivity contribution in [1.29, 1.82) is 0 Å². The van der Waals surface area contributed by atoms with Crippen LogP contribution in [0.5, 0.6) is 0 Å². The Morgan fingerprint density at radius 1 is 1.44 bits per heavy atom. The van der Waals surface area contributed by atoms with Crippen molar-refractivity contribution in [2.45, 2.75) is 44.4 Å². The van der Waals surface area contributed by atoms with Gasteiger partial charge in [0.05, 0.1) is 33.7 Å². The van der Waals surface area contributed by atoms with E-state index in [0.717, 1.165) is 18.5 Å². The second-order valence-electron chi connectivity index (χ2n) is 5.72. The summed E-state index contributed by atoms with van der Waals surface area (Å²) in [4.78, 5) is 4.10. The van der Waals surface area contributed by atoms with Gasteiger partial charge in [-0.25, -0.2) is 13.3 Å². The summed E-state index contributed by atoms with van der Waals surface area (Å²) in [6.45, 7) is 5.79. The van der Waals surface area contributed by atoms with Crippen LogP contribution in [-0.4, -0.2) is 13.9 Å². The molecular formula is C13H19FN2OS. The number of rotatable bonds is 4. The maximum absolute atomic E-state index is 12.9. The topological polar surface area (TPSA) is 42.0 Å². The van der Waals surface area contributed by atoms with E-state index in [1.165, 1.54) is 12.3 Å². The smallest absolute Gasteiger partial charge is 0.141 e. The molecule has 1 fully saturated rings. The molecule has 5 heteroatoms. The maximum Gasteiger partial charge on any atom is 0.141 e. The zero-order valence-corrected chi connectivity index (χ0v) is 11.8. The Labute approximate surface area is 110 Å². The predicted molar refractivity (Wildman–Crippen MR) is 70.7 cm³/mol. The Balaban J connectivity index is 2.14. The van der Waals surface area contributed by atoms with Gasteiger partial charge in [0, 0.05) is 0 Å². The number of hydrogen-bond donors (Lipinski definition) is 1. The van der Waals surface area contributed by atoms with Gasteiger partial charge in [0.2, 0.25) is 0 Å². The zero-order chi connectivity index (χ0) is 13.3. The summed E-state index contributed by atoms with van der Waals surface area (Å²) in [5, 5.41) is 0. The second-order valence-corrected chi connectivity index (χ2v) is 7.71. The van der Waals surface area contributed by atoms with Crippen LogP contribution in [0, 0.1) is 11.7 Å². The molecule has 1 aromatic rings. The van der Waals surface area contributed by atoms with Gasteiger partial charge >= 0.3 is 0 Å². The minimum Gasteiger partial charge on any atom is -0.257 e. The molecule has 1 heterocycles. The molecular weight excluding hydrogens is 251 g/mol. The van der Waals surface area contributed by atoms with E-state index in [0.29, 0.717) is 5.92 Å². The highest BCUT2D eigenvalue weighted by Crippen LogP contribution is 2.41. The number of nitrogens with one attached hydrogen (secondary N) is 1. The molecule has 0 spiro atoms. The fourth-order valence-electron chi connectivity index (χ4n) is 1.69. The quantitative estimate of drug-likeness (QED) is 0.914. The average molecular weight is 270 g/mol. The molecule has 2 unspecified atom stereocenters. The Morgan fingerprint density at radius 2 is 2.11 bits per heavy atom. The van der Waals surface area contributed by atoms with Crippen LogP contribution in [0.25, 0.3) is 0 Å². The summed E-state index contributed by atoms with van der Waals surface area (Å²) in [5.41, 5.74) is 0.775. The van der Waals surface area contributed by atoms with E-state index >= 15 is 0 Å². The van der Waals surface area contributed by atoms with Crippen LogP contribution < -0.4 is 4.72 Å². The predicted octanol–water partition coefficient (Wildman–Crippen LogP) is 2.72. The first kappa shape index (κ1) is 13.6. The fourth-order valence-corrected chi connectivity index (χ4v) is 2.59. The molecule has 0 radical (unpaired) electrons. The Bertz CT molecular complexity index is 437. The molecule has 1 saturated carbocycles. The number of aromatic nitrogens is 1. The summed E-state index contributed by atoms with van der Waals surface area (Å²) >= 11 is 0. The summed E-state index contributed by atoms with van der Waals surface area (Å²) in [6.07, 6.45) is 3.43. The molecule has 18 heavy (non-hydrogen) atoms. The monoisotopic (exact) mass is 270 g/mol. The SMILES string of the molecule is CC(C)(C)S(=O)NC(c1ccc(F)cn1)C1CC1. The molecule has 1 N–H and O–H groups in total. The van der Waals surface area contributed by atoms with Gasteiger partial charge < -0.3 is 0 Å². The molecule has 1 aliphatic carbocycles. The molecule has 1 aliphatic rings. The van der Waals surface area contributed by atoms with Crippen LogP contribution in [-0.2, 0) is 11.0 Å². The van der Waals surface area contributed by atoms with E-state index in [-0.39, 0.29) is 16.6 Å². The molecule has 2 atom stereocenters. The van der Waals surface area contributed by atoms with E-state index in [1.54, 1.807) is 6.07 Å². The van der Waals surface area contributed by atoms with Crippen molar-refractivity contribution < 1.29 is 8.60 Å². The molecule has 0 amide bonds. The van der Waals surface area contributed by atoms with E-state index < -0.39 is 11.0 Å². The number of pyridine rings is 1. The van der Waals surface area contributed by atoms with Crippen LogP contribution in [0.4, 0.5) is 4.39 Å². The van der Waals surface area contributed by atoms with E-state index in [2.05, 4.69) is 9.71 Å². The minimum atomic E-state index is -1.14. The second kappa shape index (κ2) is 5.05. The molecule has 0 aliphatic heterocycles. The molecule has 0 bridgehead atoms. The highest BCUT2D eigenvalue weighted by Gasteiger charge is 2.36. The van der Waals surface area contributed by atoms with Crippen molar-refractivity contribution in [2.24, 2.45) is 5.92 Å². The molecule has 100 valence electrons. The Kier molecular flexibility index (Phi) is 3.82. The standard InChI is InChI=1S/C13H19FN2OS/c1-13(2,3)18(17)16-12(9-4-5-9)11-7-6-10(14)8-15-11/h6-9,12,16H,4-5H2,1-3H3. The van der Waals surface area contributed by atoms with Gasteiger partial charge in [0.25, 0.3) is 0 Å². The first-order valence-corrected chi connectivity index (χ1v) is 7.32.